The van der Waals surface area contributed by atoms with Crippen molar-refractivity contribution in [3.63, 3.8) is 0 Å². The molecule has 1 atom stereocenters. The minimum atomic E-state index is 0.562. The molecule has 0 aromatic rings. The maximum Gasteiger partial charge on any atom is 0.0615 e. The van der Waals surface area contributed by atoms with Gasteiger partial charge in [0, 0.05) is 13.2 Å². The second-order valence-corrected chi connectivity index (χ2v) is 3.91. The second kappa shape index (κ2) is 11.0. The molecule has 0 saturated carbocycles. The van der Waals surface area contributed by atoms with Gasteiger partial charge in [-0.25, -0.2) is 0 Å². The molecule has 2 nitrogen and oxygen atoms in total. The van der Waals surface area contributed by atoms with E-state index in [0.29, 0.717) is 6.04 Å². The lowest BCUT2D eigenvalue weighted by atomic mass is 10.1. The number of likely N-dealkylation sites (N-methyl/N-ethyl adjacent to an activating group) is 1. The molecule has 1 N–H and O–H groups in total. The zero-order chi connectivity index (χ0) is 10.6. The molecular formula is C12H27NO. The zero-order valence-corrected chi connectivity index (χ0v) is 10.1. The van der Waals surface area contributed by atoms with Gasteiger partial charge < -0.3 is 10.1 Å². The molecule has 0 radical (unpaired) electrons. The van der Waals surface area contributed by atoms with Crippen LogP contribution in [-0.2, 0) is 4.74 Å². The molecule has 0 aromatic heterocycles. The van der Waals surface area contributed by atoms with Gasteiger partial charge in [0.25, 0.3) is 0 Å². The second-order valence-electron chi connectivity index (χ2n) is 3.91. The number of hydrogen-bond acceptors (Lipinski definition) is 2. The van der Waals surface area contributed by atoms with Gasteiger partial charge in [0.05, 0.1) is 6.61 Å². The first kappa shape index (κ1) is 13.9. The normalized spacial score (nSPS) is 13.1. The van der Waals surface area contributed by atoms with Crippen LogP contribution in [0.1, 0.15) is 52.4 Å². The lowest BCUT2D eigenvalue weighted by Gasteiger charge is -2.16. The molecule has 86 valence electrons. The van der Waals surface area contributed by atoms with Crippen molar-refractivity contribution in [3.05, 3.63) is 0 Å². The number of rotatable bonds is 10. The first-order valence-corrected chi connectivity index (χ1v) is 6.07. The number of unbranched alkanes of at least 4 members (excludes halogenated alkanes) is 4. The Bertz CT molecular complexity index is 100. The quantitative estimate of drug-likeness (QED) is 0.549. The van der Waals surface area contributed by atoms with E-state index in [1.54, 1.807) is 7.11 Å². The van der Waals surface area contributed by atoms with Crippen molar-refractivity contribution in [2.45, 2.75) is 58.4 Å². The highest BCUT2D eigenvalue weighted by atomic mass is 16.5. The Hall–Kier alpha value is -0.0800. The van der Waals surface area contributed by atoms with Crippen LogP contribution in [0, 0.1) is 0 Å². The summed E-state index contributed by atoms with van der Waals surface area (Å²) in [4.78, 5) is 0. The molecule has 0 spiro atoms. The molecule has 0 rings (SSSR count). The summed E-state index contributed by atoms with van der Waals surface area (Å²) in [5.74, 6) is 0. The predicted octanol–water partition coefficient (Wildman–Crippen LogP) is 2.97. The van der Waals surface area contributed by atoms with Crippen LogP contribution < -0.4 is 5.32 Å². The molecule has 0 saturated heterocycles. The molecule has 0 bridgehead atoms. The third kappa shape index (κ3) is 8.52. The average molecular weight is 201 g/mol. The summed E-state index contributed by atoms with van der Waals surface area (Å²) in [6.07, 6.45) is 8.07. The summed E-state index contributed by atoms with van der Waals surface area (Å²) >= 11 is 0. The van der Waals surface area contributed by atoms with Crippen LogP contribution in [0.4, 0.5) is 0 Å². The minimum Gasteiger partial charge on any atom is -0.383 e. The van der Waals surface area contributed by atoms with Gasteiger partial charge in [0.1, 0.15) is 0 Å². The Morgan fingerprint density at radius 1 is 1.07 bits per heavy atom. The topological polar surface area (TPSA) is 21.3 Å². The highest BCUT2D eigenvalue weighted by molar-refractivity contribution is 4.64. The van der Waals surface area contributed by atoms with Crippen LogP contribution in [0.25, 0.3) is 0 Å². The molecule has 2 heteroatoms. The lowest BCUT2D eigenvalue weighted by Crippen LogP contribution is -2.32. The van der Waals surface area contributed by atoms with E-state index in [9.17, 15) is 0 Å². The predicted molar refractivity (Wildman–Crippen MR) is 62.7 cm³/mol. The summed E-state index contributed by atoms with van der Waals surface area (Å²) in [5, 5.41) is 3.45. The molecule has 0 aliphatic rings. The third-order valence-corrected chi connectivity index (χ3v) is 2.52. The molecule has 0 aliphatic carbocycles. The van der Waals surface area contributed by atoms with Gasteiger partial charge in [-0.3, -0.25) is 0 Å². The van der Waals surface area contributed by atoms with Crippen LogP contribution in [-0.4, -0.2) is 26.3 Å². The Morgan fingerprint density at radius 3 is 2.36 bits per heavy atom. The Labute approximate surface area is 89.4 Å². The Balaban J connectivity index is 3.30. The third-order valence-electron chi connectivity index (χ3n) is 2.52. The maximum atomic E-state index is 5.17. The molecule has 1 unspecified atom stereocenters. The van der Waals surface area contributed by atoms with Crippen molar-refractivity contribution in [2.75, 3.05) is 20.3 Å². The SMILES string of the molecule is CCCCCCCC(COC)NCC. The molecule has 0 amide bonds. The summed E-state index contributed by atoms with van der Waals surface area (Å²) in [7, 11) is 1.78. The van der Waals surface area contributed by atoms with Crippen LogP contribution in [0.15, 0.2) is 0 Å². The summed E-state index contributed by atoms with van der Waals surface area (Å²) in [6.45, 7) is 6.30. The van der Waals surface area contributed by atoms with E-state index in [-0.39, 0.29) is 0 Å². The molecule has 0 heterocycles. The fourth-order valence-electron chi connectivity index (χ4n) is 1.73. The van der Waals surface area contributed by atoms with Crippen molar-refractivity contribution >= 4 is 0 Å². The van der Waals surface area contributed by atoms with Crippen molar-refractivity contribution in [1.82, 2.24) is 5.32 Å². The van der Waals surface area contributed by atoms with Gasteiger partial charge in [0.2, 0.25) is 0 Å². The molecular weight excluding hydrogens is 174 g/mol. The van der Waals surface area contributed by atoms with Crippen LogP contribution in [0.5, 0.6) is 0 Å². The van der Waals surface area contributed by atoms with E-state index in [1.165, 1.54) is 38.5 Å². The van der Waals surface area contributed by atoms with Gasteiger partial charge in [-0.2, -0.15) is 0 Å². The highest BCUT2D eigenvalue weighted by Crippen LogP contribution is 2.07. The van der Waals surface area contributed by atoms with Crippen molar-refractivity contribution < 1.29 is 4.74 Å². The van der Waals surface area contributed by atoms with Crippen LogP contribution in [0.2, 0.25) is 0 Å². The minimum absolute atomic E-state index is 0.562. The fourth-order valence-corrected chi connectivity index (χ4v) is 1.73. The van der Waals surface area contributed by atoms with Gasteiger partial charge in [0.15, 0.2) is 0 Å². The van der Waals surface area contributed by atoms with Crippen molar-refractivity contribution in [1.29, 1.82) is 0 Å². The Kier molecular flexibility index (Phi) is 10.9. The smallest absolute Gasteiger partial charge is 0.0615 e. The first-order chi connectivity index (χ1) is 6.85. The fraction of sp³-hybridized carbons (Fsp3) is 1.00. The van der Waals surface area contributed by atoms with E-state index in [0.717, 1.165) is 13.2 Å². The van der Waals surface area contributed by atoms with Crippen LogP contribution in [0.3, 0.4) is 0 Å². The zero-order valence-electron chi connectivity index (χ0n) is 10.1. The Morgan fingerprint density at radius 2 is 1.79 bits per heavy atom. The number of nitrogens with one attached hydrogen (secondary N) is 1. The van der Waals surface area contributed by atoms with E-state index in [4.69, 9.17) is 4.74 Å². The molecule has 14 heavy (non-hydrogen) atoms. The van der Waals surface area contributed by atoms with Gasteiger partial charge in [-0.15, -0.1) is 0 Å². The van der Waals surface area contributed by atoms with Gasteiger partial charge in [-0.1, -0.05) is 46.0 Å². The lowest BCUT2D eigenvalue weighted by molar-refractivity contribution is 0.162. The summed E-state index contributed by atoms with van der Waals surface area (Å²) in [6, 6.07) is 0.562. The van der Waals surface area contributed by atoms with Crippen molar-refractivity contribution in [3.8, 4) is 0 Å². The first-order valence-electron chi connectivity index (χ1n) is 6.07. The maximum absolute atomic E-state index is 5.17. The monoisotopic (exact) mass is 201 g/mol. The summed E-state index contributed by atoms with van der Waals surface area (Å²) < 4.78 is 5.17. The van der Waals surface area contributed by atoms with Crippen molar-refractivity contribution in [2.24, 2.45) is 0 Å². The van der Waals surface area contributed by atoms with Gasteiger partial charge in [-0.05, 0) is 13.0 Å². The summed E-state index contributed by atoms with van der Waals surface area (Å²) in [5.41, 5.74) is 0. The van der Waals surface area contributed by atoms with Crippen LogP contribution >= 0.6 is 0 Å². The number of ether oxygens (including phenoxy) is 1. The standard InChI is InChI=1S/C12H27NO/c1-4-6-7-8-9-10-12(11-14-3)13-5-2/h12-13H,4-11H2,1-3H3. The largest absolute Gasteiger partial charge is 0.383 e. The number of methoxy groups -OCH3 is 1. The average Bonchev–Trinajstić information content (AvgIpc) is 2.18. The van der Waals surface area contributed by atoms with Gasteiger partial charge >= 0.3 is 0 Å². The molecule has 0 aliphatic heterocycles. The molecule has 0 aromatic carbocycles. The highest BCUT2D eigenvalue weighted by Gasteiger charge is 2.05. The van der Waals surface area contributed by atoms with E-state index in [2.05, 4.69) is 19.2 Å². The van der Waals surface area contributed by atoms with E-state index in [1.807, 2.05) is 0 Å². The number of hydrogen-bond donors (Lipinski definition) is 1. The van der Waals surface area contributed by atoms with E-state index >= 15 is 0 Å². The molecule has 0 fully saturated rings. The van der Waals surface area contributed by atoms with E-state index < -0.39 is 0 Å².